The molecule has 9 heteroatoms. The lowest BCUT2D eigenvalue weighted by Crippen LogP contribution is -2.22. The molecule has 0 aliphatic carbocycles. The van der Waals surface area contributed by atoms with Crippen LogP contribution in [0.3, 0.4) is 0 Å². The van der Waals surface area contributed by atoms with Crippen LogP contribution in [0.15, 0.2) is 90.7 Å². The van der Waals surface area contributed by atoms with Crippen molar-refractivity contribution < 1.29 is 27.8 Å². The molecule has 1 amide bonds. The minimum atomic E-state index is -4.61. The summed E-state index contributed by atoms with van der Waals surface area (Å²) in [6.45, 7) is 0. The molecule has 1 aromatic heterocycles. The number of hydrogen-bond acceptors (Lipinski definition) is 5. The maximum atomic E-state index is 13.4. The van der Waals surface area contributed by atoms with Crippen LogP contribution in [0.4, 0.5) is 30.2 Å². The lowest BCUT2D eigenvalue weighted by molar-refractivity contribution is -0.140. The van der Waals surface area contributed by atoms with E-state index in [9.17, 15) is 23.1 Å². The third-order valence-electron chi connectivity index (χ3n) is 5.49. The van der Waals surface area contributed by atoms with Gasteiger partial charge in [0.05, 0.1) is 16.8 Å². The van der Waals surface area contributed by atoms with Crippen LogP contribution in [-0.4, -0.2) is 16.0 Å². The fourth-order valence-corrected chi connectivity index (χ4v) is 3.81. The van der Waals surface area contributed by atoms with E-state index in [1.807, 2.05) is 0 Å². The Bertz CT molecular complexity index is 1470. The lowest BCUT2D eigenvalue weighted by Gasteiger charge is -2.22. The number of nitrogens with zero attached hydrogens (tertiary/aromatic N) is 1. The molecule has 35 heavy (non-hydrogen) atoms. The number of pyridine rings is 1. The van der Waals surface area contributed by atoms with Crippen molar-refractivity contribution in [3.63, 3.8) is 0 Å². The van der Waals surface area contributed by atoms with Gasteiger partial charge in [-0.05, 0) is 36.4 Å². The van der Waals surface area contributed by atoms with E-state index in [1.54, 1.807) is 66.7 Å². The average Bonchev–Trinajstić information content (AvgIpc) is 2.84. The maximum absolute atomic E-state index is 13.4. The van der Waals surface area contributed by atoms with Crippen LogP contribution in [0.1, 0.15) is 17.4 Å². The maximum Gasteiger partial charge on any atom is 0.433 e. The Morgan fingerprint density at radius 3 is 2.51 bits per heavy atom. The molecular weight excluding hydrogens is 459 g/mol. The number of rotatable bonds is 4. The van der Waals surface area contributed by atoms with E-state index in [2.05, 4.69) is 15.6 Å². The molecule has 0 radical (unpaired) electrons. The normalized spacial score (nSPS) is 15.1. The second-order valence-corrected chi connectivity index (χ2v) is 7.86. The lowest BCUT2D eigenvalue weighted by atomic mass is 9.99. The second kappa shape index (κ2) is 8.77. The number of aliphatic hydroxyl groups is 1. The van der Waals surface area contributed by atoms with Gasteiger partial charge in [-0.1, -0.05) is 42.5 Å². The first-order valence-electron chi connectivity index (χ1n) is 10.6. The van der Waals surface area contributed by atoms with Crippen LogP contribution in [-0.2, 0) is 11.0 Å². The molecule has 0 saturated carbocycles. The number of halogens is 3. The summed E-state index contributed by atoms with van der Waals surface area (Å²) in [6.07, 6.45) is -4.57. The summed E-state index contributed by atoms with van der Waals surface area (Å²) in [5, 5.41) is 16.8. The van der Waals surface area contributed by atoms with Crippen LogP contribution in [0.25, 0.3) is 10.9 Å². The van der Waals surface area contributed by atoms with Crippen LogP contribution >= 0.6 is 0 Å². The molecule has 3 aromatic carbocycles. The van der Waals surface area contributed by atoms with Gasteiger partial charge in [-0.25, -0.2) is 4.98 Å². The van der Waals surface area contributed by atoms with Gasteiger partial charge >= 0.3 is 6.18 Å². The standard InChI is InChI=1S/C26H18F3N3O3/c27-26(28,29)23-13-21(17-8-1-3-10-20(17)32-23)30-15-6-5-7-16(12-15)31-25(34)19-14-35-22-11-4-2-9-18(22)24(19)33/h1-14,24,33H,(H,30,32)(H,31,34). The Morgan fingerprint density at radius 2 is 1.69 bits per heavy atom. The second-order valence-electron chi connectivity index (χ2n) is 7.86. The number of alkyl halides is 3. The third-order valence-corrected chi connectivity index (χ3v) is 5.49. The van der Waals surface area contributed by atoms with Crippen LogP contribution in [0.5, 0.6) is 5.75 Å². The first-order chi connectivity index (χ1) is 16.8. The zero-order chi connectivity index (χ0) is 24.6. The van der Waals surface area contributed by atoms with Gasteiger partial charge in [-0.3, -0.25) is 4.79 Å². The number of carbonyl (C=O) groups excluding carboxylic acids is 1. The number of anilines is 3. The number of amides is 1. The number of carbonyl (C=O) groups is 1. The van der Waals surface area contributed by atoms with Crippen molar-refractivity contribution in [2.75, 3.05) is 10.6 Å². The molecule has 0 saturated heterocycles. The van der Waals surface area contributed by atoms with E-state index in [0.717, 1.165) is 6.07 Å². The zero-order valence-corrected chi connectivity index (χ0v) is 18.0. The number of aromatic nitrogens is 1. The summed E-state index contributed by atoms with van der Waals surface area (Å²) < 4.78 is 45.6. The molecule has 6 nitrogen and oxygen atoms in total. The largest absolute Gasteiger partial charge is 0.464 e. The van der Waals surface area contributed by atoms with Crippen molar-refractivity contribution in [2.45, 2.75) is 12.3 Å². The quantitative estimate of drug-likeness (QED) is 0.339. The molecule has 0 spiro atoms. The minimum Gasteiger partial charge on any atom is -0.464 e. The van der Waals surface area contributed by atoms with Gasteiger partial charge in [0, 0.05) is 22.3 Å². The molecule has 3 N–H and O–H groups in total. The Kier molecular flexibility index (Phi) is 5.62. The Labute approximate surface area is 197 Å². The van der Waals surface area contributed by atoms with E-state index >= 15 is 0 Å². The Balaban J connectivity index is 1.39. The van der Waals surface area contributed by atoms with Crippen molar-refractivity contribution in [1.82, 2.24) is 4.98 Å². The number of nitrogens with one attached hydrogen (secondary N) is 2. The molecular formula is C26H18F3N3O3. The molecule has 4 aromatic rings. The zero-order valence-electron chi connectivity index (χ0n) is 18.0. The number of hydrogen-bond donors (Lipinski definition) is 3. The monoisotopic (exact) mass is 477 g/mol. The topological polar surface area (TPSA) is 83.5 Å². The molecule has 5 rings (SSSR count). The molecule has 1 aliphatic heterocycles. The highest BCUT2D eigenvalue weighted by atomic mass is 19.4. The van der Waals surface area contributed by atoms with Gasteiger partial charge < -0.3 is 20.5 Å². The highest BCUT2D eigenvalue weighted by molar-refractivity contribution is 6.05. The van der Waals surface area contributed by atoms with E-state index in [1.165, 1.54) is 12.3 Å². The average molecular weight is 477 g/mol. The van der Waals surface area contributed by atoms with E-state index in [0.29, 0.717) is 28.1 Å². The summed E-state index contributed by atoms with van der Waals surface area (Å²) in [4.78, 5) is 16.5. The number of fused-ring (bicyclic) bond motifs is 2. The van der Waals surface area contributed by atoms with Crippen molar-refractivity contribution in [1.29, 1.82) is 0 Å². The van der Waals surface area contributed by atoms with Gasteiger partial charge in [0.1, 0.15) is 23.8 Å². The molecule has 0 fully saturated rings. The van der Waals surface area contributed by atoms with Gasteiger partial charge in [0.15, 0.2) is 0 Å². The third kappa shape index (κ3) is 4.53. The summed E-state index contributed by atoms with van der Waals surface area (Å²) in [5.74, 6) is -0.108. The number of benzene rings is 3. The van der Waals surface area contributed by atoms with Gasteiger partial charge in [-0.2, -0.15) is 13.2 Å². The fraction of sp³-hybridized carbons (Fsp3) is 0.0769. The predicted octanol–water partition coefficient (Wildman–Crippen LogP) is 5.95. The first kappa shape index (κ1) is 22.4. The van der Waals surface area contributed by atoms with Gasteiger partial charge in [0.2, 0.25) is 0 Å². The number of aliphatic hydroxyl groups excluding tert-OH is 1. The minimum absolute atomic E-state index is 0.0250. The summed E-state index contributed by atoms with van der Waals surface area (Å²) in [7, 11) is 0. The highest BCUT2D eigenvalue weighted by Crippen LogP contribution is 2.36. The molecule has 1 aliphatic rings. The molecule has 0 bridgehead atoms. The number of ether oxygens (including phenoxy) is 1. The van der Waals surface area contributed by atoms with Crippen molar-refractivity contribution in [3.05, 3.63) is 102 Å². The summed E-state index contributed by atoms with van der Waals surface area (Å²) in [6, 6.07) is 20.8. The highest BCUT2D eigenvalue weighted by Gasteiger charge is 2.33. The van der Waals surface area contributed by atoms with Gasteiger partial charge in [0.25, 0.3) is 5.91 Å². The van der Waals surface area contributed by atoms with E-state index in [-0.39, 0.29) is 16.8 Å². The predicted molar refractivity (Wildman–Crippen MR) is 125 cm³/mol. The molecule has 1 atom stereocenters. The van der Waals surface area contributed by atoms with Crippen LogP contribution < -0.4 is 15.4 Å². The molecule has 2 heterocycles. The molecule has 1 unspecified atom stereocenters. The van der Waals surface area contributed by atoms with Crippen LogP contribution in [0.2, 0.25) is 0 Å². The summed E-state index contributed by atoms with van der Waals surface area (Å²) in [5.41, 5.74) is 0.738. The smallest absolute Gasteiger partial charge is 0.433 e. The number of para-hydroxylation sites is 2. The van der Waals surface area contributed by atoms with Crippen LogP contribution in [0, 0.1) is 0 Å². The van der Waals surface area contributed by atoms with E-state index < -0.39 is 23.9 Å². The van der Waals surface area contributed by atoms with Crippen molar-refractivity contribution in [3.8, 4) is 5.75 Å². The Hall–Kier alpha value is -4.37. The van der Waals surface area contributed by atoms with Gasteiger partial charge in [-0.15, -0.1) is 0 Å². The Morgan fingerprint density at radius 1 is 0.943 bits per heavy atom. The molecule has 176 valence electrons. The SMILES string of the molecule is O=C(Nc1cccc(Nc2cc(C(F)(F)F)nc3ccccc23)c1)C1=COc2ccccc2C1O. The van der Waals surface area contributed by atoms with Crippen molar-refractivity contribution >= 4 is 33.9 Å². The first-order valence-corrected chi connectivity index (χ1v) is 10.6. The fourth-order valence-electron chi connectivity index (χ4n) is 3.81. The summed E-state index contributed by atoms with van der Waals surface area (Å²) >= 11 is 0. The van der Waals surface area contributed by atoms with E-state index in [4.69, 9.17) is 4.74 Å². The van der Waals surface area contributed by atoms with Crippen molar-refractivity contribution in [2.24, 2.45) is 0 Å².